The molecule has 0 radical (unpaired) electrons. The fourth-order valence-electron chi connectivity index (χ4n) is 2.63. The lowest BCUT2D eigenvalue weighted by Gasteiger charge is -2.13. The van der Waals surface area contributed by atoms with Crippen molar-refractivity contribution >= 4 is 11.9 Å². The molecule has 2 aromatic heterocycles. The summed E-state index contributed by atoms with van der Waals surface area (Å²) in [6.07, 6.45) is 4.15. The molecule has 1 saturated carbocycles. The number of anilines is 1. The van der Waals surface area contributed by atoms with E-state index in [1.165, 1.54) is 25.6 Å². The van der Waals surface area contributed by atoms with Crippen LogP contribution in [-0.4, -0.2) is 34.0 Å². The van der Waals surface area contributed by atoms with Gasteiger partial charge in [0.25, 0.3) is 0 Å². The summed E-state index contributed by atoms with van der Waals surface area (Å²) in [5.74, 6) is 2.10. The lowest BCUT2D eigenvalue weighted by molar-refractivity contribution is 0.348. The van der Waals surface area contributed by atoms with E-state index in [0.29, 0.717) is 24.0 Å². The Balaban J connectivity index is 1.84. The average molecular weight is 329 g/mol. The molecule has 1 fully saturated rings. The fourth-order valence-corrected chi connectivity index (χ4v) is 2.63. The number of methoxy groups -OCH3 is 2. The molecule has 128 valence electrons. The standard InChI is InChI=1S/C17H23N5O2/c1-5-13-12(16(23-3)20-17(19-13)24-4)10-18-15-9-14(11-7-8-11)21-22(15)6-2/h5,9,11,18H,1,6-8,10H2,2-4H3. The zero-order valence-corrected chi connectivity index (χ0v) is 14.4. The minimum Gasteiger partial charge on any atom is -0.481 e. The molecule has 0 bridgehead atoms. The van der Waals surface area contributed by atoms with Crippen LogP contribution < -0.4 is 14.8 Å². The Bertz CT molecular complexity index is 737. The second-order valence-corrected chi connectivity index (χ2v) is 5.69. The third kappa shape index (κ3) is 3.20. The van der Waals surface area contributed by atoms with Crippen LogP contribution in [0.2, 0.25) is 0 Å². The molecular formula is C17H23N5O2. The second-order valence-electron chi connectivity index (χ2n) is 5.69. The van der Waals surface area contributed by atoms with E-state index in [0.717, 1.165) is 17.9 Å². The number of aromatic nitrogens is 4. The molecule has 1 N–H and O–H groups in total. The Morgan fingerprint density at radius 2 is 2.12 bits per heavy atom. The first-order valence-electron chi connectivity index (χ1n) is 8.13. The Morgan fingerprint density at radius 3 is 2.71 bits per heavy atom. The van der Waals surface area contributed by atoms with Crippen LogP contribution in [0.5, 0.6) is 11.9 Å². The Kier molecular flexibility index (Phi) is 4.69. The summed E-state index contributed by atoms with van der Waals surface area (Å²) in [7, 11) is 3.11. The van der Waals surface area contributed by atoms with Crippen molar-refractivity contribution in [3.05, 3.63) is 29.6 Å². The van der Waals surface area contributed by atoms with Crippen LogP contribution in [0.15, 0.2) is 12.6 Å². The molecule has 0 aromatic carbocycles. The Labute approximate surface area is 141 Å². The Morgan fingerprint density at radius 1 is 1.33 bits per heavy atom. The van der Waals surface area contributed by atoms with Crippen LogP contribution in [0.25, 0.3) is 6.08 Å². The van der Waals surface area contributed by atoms with Gasteiger partial charge in [0.1, 0.15) is 5.82 Å². The van der Waals surface area contributed by atoms with Crippen molar-refractivity contribution in [2.45, 2.75) is 38.8 Å². The highest BCUT2D eigenvalue weighted by atomic mass is 16.5. The van der Waals surface area contributed by atoms with Gasteiger partial charge >= 0.3 is 6.01 Å². The molecule has 0 unspecified atom stereocenters. The molecule has 24 heavy (non-hydrogen) atoms. The predicted molar refractivity (Wildman–Crippen MR) is 92.4 cm³/mol. The van der Waals surface area contributed by atoms with Gasteiger partial charge in [-0.1, -0.05) is 6.58 Å². The minimum atomic E-state index is 0.264. The first kappa shape index (κ1) is 16.3. The van der Waals surface area contributed by atoms with Crippen molar-refractivity contribution in [3.8, 4) is 11.9 Å². The van der Waals surface area contributed by atoms with Crippen molar-refractivity contribution in [1.29, 1.82) is 0 Å². The van der Waals surface area contributed by atoms with Gasteiger partial charge < -0.3 is 14.8 Å². The van der Waals surface area contributed by atoms with Gasteiger partial charge in [0.05, 0.1) is 31.2 Å². The highest BCUT2D eigenvalue weighted by Gasteiger charge is 2.27. The van der Waals surface area contributed by atoms with Crippen LogP contribution >= 0.6 is 0 Å². The number of hydrogen-bond donors (Lipinski definition) is 1. The van der Waals surface area contributed by atoms with Gasteiger partial charge in [-0.25, -0.2) is 4.68 Å². The van der Waals surface area contributed by atoms with E-state index in [9.17, 15) is 0 Å². The van der Waals surface area contributed by atoms with E-state index < -0.39 is 0 Å². The SMILES string of the molecule is C=Cc1nc(OC)nc(OC)c1CNc1cc(C2CC2)nn1CC. The Hall–Kier alpha value is -2.57. The van der Waals surface area contributed by atoms with E-state index in [4.69, 9.17) is 9.47 Å². The normalized spacial score (nSPS) is 13.6. The summed E-state index contributed by atoms with van der Waals surface area (Å²) in [6, 6.07) is 2.39. The maximum Gasteiger partial charge on any atom is 0.320 e. The second kappa shape index (κ2) is 6.90. The van der Waals surface area contributed by atoms with Crippen molar-refractivity contribution in [3.63, 3.8) is 0 Å². The van der Waals surface area contributed by atoms with Gasteiger partial charge in [-0.2, -0.15) is 15.1 Å². The lowest BCUT2D eigenvalue weighted by Crippen LogP contribution is -2.11. The topological polar surface area (TPSA) is 74.1 Å². The van der Waals surface area contributed by atoms with Gasteiger partial charge in [0.15, 0.2) is 0 Å². The van der Waals surface area contributed by atoms with Gasteiger partial charge in [-0.15, -0.1) is 0 Å². The van der Waals surface area contributed by atoms with Gasteiger partial charge in [0, 0.05) is 25.1 Å². The number of nitrogens with zero attached hydrogens (tertiary/aromatic N) is 4. The summed E-state index contributed by atoms with van der Waals surface area (Å²) in [5, 5.41) is 8.09. The third-order valence-electron chi connectivity index (χ3n) is 4.09. The molecule has 0 spiro atoms. The molecule has 0 saturated heterocycles. The van der Waals surface area contributed by atoms with E-state index in [1.807, 2.05) is 4.68 Å². The zero-order chi connectivity index (χ0) is 17.1. The molecule has 3 rings (SSSR count). The highest BCUT2D eigenvalue weighted by molar-refractivity contribution is 5.53. The molecule has 2 aromatic rings. The van der Waals surface area contributed by atoms with Crippen molar-refractivity contribution < 1.29 is 9.47 Å². The molecule has 7 nitrogen and oxygen atoms in total. The van der Waals surface area contributed by atoms with Gasteiger partial charge in [-0.3, -0.25) is 0 Å². The maximum atomic E-state index is 5.39. The maximum absolute atomic E-state index is 5.39. The van der Waals surface area contributed by atoms with E-state index >= 15 is 0 Å². The van der Waals surface area contributed by atoms with Crippen LogP contribution in [-0.2, 0) is 13.1 Å². The largest absolute Gasteiger partial charge is 0.481 e. The van der Waals surface area contributed by atoms with Gasteiger partial charge in [-0.05, 0) is 25.8 Å². The average Bonchev–Trinajstić information content (AvgIpc) is 3.39. The van der Waals surface area contributed by atoms with Crippen LogP contribution in [0.4, 0.5) is 5.82 Å². The van der Waals surface area contributed by atoms with E-state index in [1.54, 1.807) is 13.2 Å². The lowest BCUT2D eigenvalue weighted by atomic mass is 10.2. The number of rotatable bonds is 8. The highest BCUT2D eigenvalue weighted by Crippen LogP contribution is 2.40. The molecule has 7 heteroatoms. The smallest absolute Gasteiger partial charge is 0.320 e. The van der Waals surface area contributed by atoms with Crippen molar-refractivity contribution in [1.82, 2.24) is 19.7 Å². The zero-order valence-electron chi connectivity index (χ0n) is 14.4. The first-order chi connectivity index (χ1) is 11.7. The molecule has 1 aliphatic carbocycles. The van der Waals surface area contributed by atoms with Crippen LogP contribution in [0.1, 0.15) is 42.6 Å². The molecule has 2 heterocycles. The van der Waals surface area contributed by atoms with Crippen LogP contribution in [0.3, 0.4) is 0 Å². The first-order valence-corrected chi connectivity index (χ1v) is 8.13. The van der Waals surface area contributed by atoms with Gasteiger partial charge in [0.2, 0.25) is 5.88 Å². The number of ether oxygens (including phenoxy) is 2. The van der Waals surface area contributed by atoms with E-state index in [2.05, 4.69) is 40.0 Å². The number of nitrogens with one attached hydrogen (secondary N) is 1. The summed E-state index contributed by atoms with van der Waals surface area (Å²) in [6.45, 7) is 7.24. The number of aryl methyl sites for hydroxylation is 1. The van der Waals surface area contributed by atoms with E-state index in [-0.39, 0.29) is 6.01 Å². The predicted octanol–water partition coefficient (Wildman–Crippen LogP) is 2.84. The molecular weight excluding hydrogens is 306 g/mol. The number of hydrogen-bond acceptors (Lipinski definition) is 6. The summed E-state index contributed by atoms with van der Waals surface area (Å²) >= 11 is 0. The summed E-state index contributed by atoms with van der Waals surface area (Å²) in [5.41, 5.74) is 2.70. The van der Waals surface area contributed by atoms with Crippen molar-refractivity contribution in [2.75, 3.05) is 19.5 Å². The summed E-state index contributed by atoms with van der Waals surface area (Å²) in [4.78, 5) is 8.57. The van der Waals surface area contributed by atoms with Crippen LogP contribution in [0, 0.1) is 0 Å². The molecule has 0 atom stereocenters. The monoisotopic (exact) mass is 329 g/mol. The molecule has 0 aliphatic heterocycles. The van der Waals surface area contributed by atoms with Crippen molar-refractivity contribution in [2.24, 2.45) is 0 Å². The quantitative estimate of drug-likeness (QED) is 0.803. The minimum absolute atomic E-state index is 0.264. The third-order valence-corrected chi connectivity index (χ3v) is 4.09. The summed E-state index contributed by atoms with van der Waals surface area (Å²) < 4.78 is 12.5. The molecule has 0 amide bonds. The fraction of sp³-hybridized carbons (Fsp3) is 0.471. The molecule has 1 aliphatic rings.